The number of thiophene rings is 1. The summed E-state index contributed by atoms with van der Waals surface area (Å²) in [6, 6.07) is 11.8. The fraction of sp³-hybridized carbons (Fsp3) is 0.250. The number of anilines is 1. The van der Waals surface area contributed by atoms with Crippen LogP contribution in [0.2, 0.25) is 0 Å². The van der Waals surface area contributed by atoms with Crippen molar-refractivity contribution >= 4 is 28.2 Å². The minimum absolute atomic E-state index is 0.102. The fourth-order valence-electron chi connectivity index (χ4n) is 3.42. The number of carbonyl (C=O) groups excluding carboxylic acids is 2. The fourth-order valence-corrected chi connectivity index (χ4v) is 4.71. The minimum atomic E-state index is -0.530. The summed E-state index contributed by atoms with van der Waals surface area (Å²) < 4.78 is 5.00. The van der Waals surface area contributed by atoms with Crippen molar-refractivity contribution in [2.45, 2.75) is 26.4 Å². The molecule has 0 aliphatic carbocycles. The molecule has 0 unspecified atom stereocenters. The van der Waals surface area contributed by atoms with Crippen molar-refractivity contribution < 1.29 is 14.1 Å². The summed E-state index contributed by atoms with van der Waals surface area (Å²) in [4.78, 5) is 27.9. The molecule has 3 aromatic rings. The second-order valence-corrected chi connectivity index (χ2v) is 7.91. The maximum Gasteiger partial charge on any atom is 0.294 e. The van der Waals surface area contributed by atoms with Crippen LogP contribution in [0.4, 0.5) is 5.00 Å². The maximum atomic E-state index is 12.4. The van der Waals surface area contributed by atoms with Crippen LogP contribution in [0.5, 0.6) is 0 Å². The molecule has 3 heterocycles. The number of nitrogens with one attached hydrogen (secondary N) is 1. The van der Waals surface area contributed by atoms with E-state index < -0.39 is 11.8 Å². The summed E-state index contributed by atoms with van der Waals surface area (Å²) in [6.07, 6.45) is 0.716. The van der Waals surface area contributed by atoms with Crippen molar-refractivity contribution in [1.82, 2.24) is 10.1 Å². The van der Waals surface area contributed by atoms with Gasteiger partial charge in [-0.3, -0.25) is 14.5 Å². The lowest BCUT2D eigenvalue weighted by molar-refractivity contribution is 0.0988. The number of aromatic nitrogens is 1. The third-order valence-corrected chi connectivity index (χ3v) is 5.84. The largest absolute Gasteiger partial charge is 0.365 e. The van der Waals surface area contributed by atoms with Crippen molar-refractivity contribution in [3.8, 4) is 0 Å². The number of nitrogens with two attached hydrogens (primary N) is 1. The van der Waals surface area contributed by atoms with Gasteiger partial charge in [0.25, 0.3) is 11.8 Å². The van der Waals surface area contributed by atoms with Gasteiger partial charge in [0, 0.05) is 30.6 Å². The highest BCUT2D eigenvalue weighted by molar-refractivity contribution is 7.17. The van der Waals surface area contributed by atoms with E-state index in [1.165, 1.54) is 16.9 Å². The van der Waals surface area contributed by atoms with Gasteiger partial charge < -0.3 is 15.6 Å². The molecule has 28 heavy (non-hydrogen) atoms. The Morgan fingerprint density at radius 1 is 1.32 bits per heavy atom. The van der Waals surface area contributed by atoms with Crippen molar-refractivity contribution in [2.75, 3.05) is 11.9 Å². The molecule has 2 amide bonds. The van der Waals surface area contributed by atoms with Crippen LogP contribution in [-0.2, 0) is 19.5 Å². The number of amides is 2. The standard InChI is InChI=1S/C20H20N4O3S/c1-12-9-15(27-23-12)19(26)22-20-17(18(21)25)14-7-8-24(11-16(14)28-20)10-13-5-3-2-4-6-13/h2-6,9H,7-8,10-11H2,1H3,(H2,21,25)(H,22,26). The summed E-state index contributed by atoms with van der Waals surface area (Å²) in [6.45, 7) is 4.11. The number of carbonyl (C=O) groups is 2. The van der Waals surface area contributed by atoms with E-state index in [1.807, 2.05) is 18.2 Å². The van der Waals surface area contributed by atoms with Crippen LogP contribution < -0.4 is 11.1 Å². The Balaban J connectivity index is 1.56. The number of benzene rings is 1. The predicted octanol–water partition coefficient (Wildman–Crippen LogP) is 2.95. The molecule has 1 aromatic carbocycles. The molecule has 0 fully saturated rings. The van der Waals surface area contributed by atoms with Gasteiger partial charge in [-0.05, 0) is 24.5 Å². The summed E-state index contributed by atoms with van der Waals surface area (Å²) in [5.74, 6) is -0.870. The molecule has 1 aliphatic rings. The van der Waals surface area contributed by atoms with E-state index in [2.05, 4.69) is 27.5 Å². The lowest BCUT2D eigenvalue weighted by atomic mass is 10.0. The zero-order valence-corrected chi connectivity index (χ0v) is 16.2. The highest BCUT2D eigenvalue weighted by Crippen LogP contribution is 2.37. The molecule has 1 aliphatic heterocycles. The average Bonchev–Trinajstić information content (AvgIpc) is 3.25. The van der Waals surface area contributed by atoms with E-state index >= 15 is 0 Å². The Labute approximate surface area is 166 Å². The Bertz CT molecular complexity index is 1030. The lowest BCUT2D eigenvalue weighted by Crippen LogP contribution is -2.30. The molecule has 3 N–H and O–H groups in total. The molecule has 144 valence electrons. The molecular formula is C20H20N4O3S. The molecule has 8 heteroatoms. The van der Waals surface area contributed by atoms with Crippen molar-refractivity contribution in [3.63, 3.8) is 0 Å². The molecule has 2 aromatic heterocycles. The van der Waals surface area contributed by atoms with Gasteiger partial charge in [0.2, 0.25) is 5.76 Å². The first kappa shape index (κ1) is 18.4. The second-order valence-electron chi connectivity index (χ2n) is 6.81. The van der Waals surface area contributed by atoms with Crippen LogP contribution in [0, 0.1) is 6.92 Å². The Morgan fingerprint density at radius 2 is 2.11 bits per heavy atom. The van der Waals surface area contributed by atoms with E-state index in [-0.39, 0.29) is 5.76 Å². The van der Waals surface area contributed by atoms with Crippen LogP contribution in [-0.4, -0.2) is 28.4 Å². The third kappa shape index (κ3) is 3.69. The highest BCUT2D eigenvalue weighted by Gasteiger charge is 2.28. The van der Waals surface area contributed by atoms with Crippen LogP contribution in [0.3, 0.4) is 0 Å². The predicted molar refractivity (Wildman–Crippen MR) is 106 cm³/mol. The lowest BCUT2D eigenvalue weighted by Gasteiger charge is -2.27. The monoisotopic (exact) mass is 396 g/mol. The molecule has 0 spiro atoms. The van der Waals surface area contributed by atoms with Gasteiger partial charge >= 0.3 is 0 Å². The Hall–Kier alpha value is -2.97. The molecule has 0 saturated carbocycles. The van der Waals surface area contributed by atoms with Crippen LogP contribution >= 0.6 is 11.3 Å². The first-order valence-corrected chi connectivity index (χ1v) is 9.78. The van der Waals surface area contributed by atoms with Crippen LogP contribution in [0.15, 0.2) is 40.9 Å². The summed E-state index contributed by atoms with van der Waals surface area (Å²) in [7, 11) is 0. The second kappa shape index (κ2) is 7.57. The number of hydrogen-bond donors (Lipinski definition) is 2. The normalized spacial score (nSPS) is 13.9. The molecule has 0 saturated heterocycles. The van der Waals surface area contributed by atoms with Gasteiger partial charge in [-0.1, -0.05) is 35.5 Å². The first-order chi connectivity index (χ1) is 13.5. The van der Waals surface area contributed by atoms with Gasteiger partial charge in [-0.2, -0.15) is 0 Å². The van der Waals surface area contributed by atoms with E-state index in [4.69, 9.17) is 10.3 Å². The van der Waals surface area contributed by atoms with Crippen molar-refractivity contribution in [3.05, 3.63) is 69.4 Å². The zero-order chi connectivity index (χ0) is 19.7. The van der Waals surface area contributed by atoms with Gasteiger partial charge in [-0.15, -0.1) is 11.3 Å². The minimum Gasteiger partial charge on any atom is -0.365 e. The van der Waals surface area contributed by atoms with Gasteiger partial charge in [0.15, 0.2) is 0 Å². The third-order valence-electron chi connectivity index (χ3n) is 4.71. The SMILES string of the molecule is Cc1cc(C(=O)Nc2sc3c(c2C(N)=O)CCN(Cc2ccccc2)C3)on1. The van der Waals surface area contributed by atoms with E-state index in [0.29, 0.717) is 29.2 Å². The van der Waals surface area contributed by atoms with Gasteiger partial charge in [-0.25, -0.2) is 0 Å². The van der Waals surface area contributed by atoms with Crippen LogP contribution in [0.25, 0.3) is 0 Å². The van der Waals surface area contributed by atoms with Gasteiger partial charge in [0.05, 0.1) is 11.3 Å². The van der Waals surface area contributed by atoms with Crippen molar-refractivity contribution in [1.29, 1.82) is 0 Å². The number of aryl methyl sites for hydroxylation is 1. The molecule has 0 radical (unpaired) electrons. The van der Waals surface area contributed by atoms with Gasteiger partial charge in [0.1, 0.15) is 5.00 Å². The van der Waals surface area contributed by atoms with Crippen LogP contribution in [0.1, 0.15) is 42.6 Å². The van der Waals surface area contributed by atoms with E-state index in [9.17, 15) is 9.59 Å². The summed E-state index contributed by atoms with van der Waals surface area (Å²) in [5, 5.41) is 6.96. The number of fused-ring (bicyclic) bond motifs is 1. The molecule has 4 rings (SSSR count). The number of primary amides is 1. The Kier molecular flexibility index (Phi) is 4.97. The first-order valence-electron chi connectivity index (χ1n) is 8.96. The smallest absolute Gasteiger partial charge is 0.294 e. The maximum absolute atomic E-state index is 12.4. The molecule has 7 nitrogen and oxygen atoms in total. The summed E-state index contributed by atoms with van der Waals surface area (Å²) in [5.41, 5.74) is 8.82. The number of nitrogens with zero attached hydrogens (tertiary/aromatic N) is 2. The molecule has 0 bridgehead atoms. The topological polar surface area (TPSA) is 101 Å². The number of rotatable bonds is 5. The zero-order valence-electron chi connectivity index (χ0n) is 15.4. The van der Waals surface area contributed by atoms with E-state index in [0.717, 1.165) is 23.5 Å². The molecular weight excluding hydrogens is 376 g/mol. The summed E-state index contributed by atoms with van der Waals surface area (Å²) >= 11 is 1.40. The Morgan fingerprint density at radius 3 is 2.79 bits per heavy atom. The highest BCUT2D eigenvalue weighted by atomic mass is 32.1. The van der Waals surface area contributed by atoms with E-state index in [1.54, 1.807) is 13.0 Å². The quantitative estimate of drug-likeness (QED) is 0.690. The number of hydrogen-bond acceptors (Lipinski definition) is 6. The van der Waals surface area contributed by atoms with Crippen molar-refractivity contribution in [2.24, 2.45) is 5.73 Å². The molecule has 0 atom stereocenters. The average molecular weight is 396 g/mol.